The van der Waals surface area contributed by atoms with E-state index in [2.05, 4.69) is 5.32 Å². The smallest absolute Gasteiger partial charge is 0.322 e. The Balaban J connectivity index is 2.15. The summed E-state index contributed by atoms with van der Waals surface area (Å²) in [5.74, 6) is -0.497. The van der Waals surface area contributed by atoms with E-state index in [-0.39, 0.29) is 5.56 Å². The van der Waals surface area contributed by atoms with Gasteiger partial charge in [-0.05, 0) is 48.9 Å². The summed E-state index contributed by atoms with van der Waals surface area (Å²) in [6.07, 6.45) is -4.42. The number of carbonyl (C=O) groups is 1. The van der Waals surface area contributed by atoms with Crippen molar-refractivity contribution in [2.75, 3.05) is 5.32 Å². The van der Waals surface area contributed by atoms with Gasteiger partial charge in [-0.3, -0.25) is 4.79 Å². The van der Waals surface area contributed by atoms with E-state index < -0.39 is 17.6 Å². The minimum Gasteiger partial charge on any atom is -0.322 e. The lowest BCUT2D eigenvalue weighted by molar-refractivity contribution is -0.137. The molecular formula is C15H11ClF3NO. The summed E-state index contributed by atoms with van der Waals surface area (Å²) in [5.41, 5.74) is 0.692. The molecule has 0 unspecified atom stereocenters. The quantitative estimate of drug-likeness (QED) is 0.837. The fourth-order valence-corrected chi connectivity index (χ4v) is 1.87. The fraction of sp³-hybridized carbons (Fsp3) is 0.133. The van der Waals surface area contributed by atoms with E-state index in [1.54, 1.807) is 18.2 Å². The van der Waals surface area contributed by atoms with Crippen LogP contribution in [0.5, 0.6) is 0 Å². The van der Waals surface area contributed by atoms with Crippen molar-refractivity contribution in [3.63, 3.8) is 0 Å². The Morgan fingerprint density at radius 2 is 1.71 bits per heavy atom. The van der Waals surface area contributed by atoms with Crippen LogP contribution in [-0.4, -0.2) is 5.91 Å². The van der Waals surface area contributed by atoms with Crippen LogP contribution in [0.15, 0.2) is 42.5 Å². The first kappa shape index (κ1) is 15.4. The molecule has 110 valence electrons. The van der Waals surface area contributed by atoms with Crippen LogP contribution in [0, 0.1) is 6.92 Å². The Kier molecular flexibility index (Phi) is 4.23. The number of hydrogen-bond donors (Lipinski definition) is 1. The molecular weight excluding hydrogens is 303 g/mol. The molecule has 21 heavy (non-hydrogen) atoms. The Bertz CT molecular complexity index is 666. The summed E-state index contributed by atoms with van der Waals surface area (Å²) in [6.45, 7) is 1.82. The number of rotatable bonds is 2. The van der Waals surface area contributed by atoms with Crippen LogP contribution in [0.25, 0.3) is 0 Å². The summed E-state index contributed by atoms with van der Waals surface area (Å²) in [6, 6.07) is 9.00. The van der Waals surface area contributed by atoms with Gasteiger partial charge in [0.1, 0.15) is 0 Å². The van der Waals surface area contributed by atoms with Crippen LogP contribution in [0.2, 0.25) is 5.02 Å². The summed E-state index contributed by atoms with van der Waals surface area (Å²) >= 11 is 5.94. The van der Waals surface area contributed by atoms with Crippen molar-refractivity contribution in [1.82, 2.24) is 0 Å². The third-order valence-electron chi connectivity index (χ3n) is 2.90. The Hall–Kier alpha value is -2.01. The van der Waals surface area contributed by atoms with Crippen molar-refractivity contribution in [1.29, 1.82) is 0 Å². The zero-order valence-corrected chi connectivity index (χ0v) is 11.7. The lowest BCUT2D eigenvalue weighted by Crippen LogP contribution is -2.12. The summed E-state index contributed by atoms with van der Waals surface area (Å²) in [4.78, 5) is 11.9. The van der Waals surface area contributed by atoms with E-state index in [1.807, 2.05) is 6.92 Å². The average molecular weight is 314 g/mol. The fourth-order valence-electron chi connectivity index (χ4n) is 1.68. The molecule has 0 fully saturated rings. The van der Waals surface area contributed by atoms with Gasteiger partial charge < -0.3 is 5.32 Å². The molecule has 0 heterocycles. The normalized spacial score (nSPS) is 11.3. The highest BCUT2D eigenvalue weighted by molar-refractivity contribution is 6.31. The first-order valence-electron chi connectivity index (χ1n) is 6.02. The molecule has 0 radical (unpaired) electrons. The molecule has 0 saturated carbocycles. The van der Waals surface area contributed by atoms with Crippen LogP contribution >= 0.6 is 11.6 Å². The van der Waals surface area contributed by atoms with Gasteiger partial charge in [0.25, 0.3) is 5.91 Å². The molecule has 2 nitrogen and oxygen atoms in total. The Morgan fingerprint density at radius 3 is 2.24 bits per heavy atom. The third kappa shape index (κ3) is 3.76. The van der Waals surface area contributed by atoms with Crippen LogP contribution < -0.4 is 5.32 Å². The van der Waals surface area contributed by atoms with Gasteiger partial charge in [0.15, 0.2) is 0 Å². The van der Waals surface area contributed by atoms with Gasteiger partial charge in [-0.2, -0.15) is 13.2 Å². The zero-order valence-electron chi connectivity index (χ0n) is 11.0. The van der Waals surface area contributed by atoms with Gasteiger partial charge in [-0.25, -0.2) is 0 Å². The maximum atomic E-state index is 12.4. The number of nitrogens with one attached hydrogen (secondary N) is 1. The second-order valence-corrected chi connectivity index (χ2v) is 4.90. The molecule has 2 rings (SSSR count). The topological polar surface area (TPSA) is 29.1 Å². The van der Waals surface area contributed by atoms with Crippen molar-refractivity contribution in [2.45, 2.75) is 13.1 Å². The van der Waals surface area contributed by atoms with Crippen molar-refractivity contribution in [3.8, 4) is 0 Å². The lowest BCUT2D eigenvalue weighted by atomic mass is 10.1. The molecule has 0 spiro atoms. The molecule has 0 atom stereocenters. The van der Waals surface area contributed by atoms with E-state index in [9.17, 15) is 18.0 Å². The highest BCUT2D eigenvalue weighted by Gasteiger charge is 2.30. The number of aryl methyl sites for hydroxylation is 1. The highest BCUT2D eigenvalue weighted by Crippen LogP contribution is 2.29. The summed E-state index contributed by atoms with van der Waals surface area (Å²) in [5, 5.41) is 3.08. The molecule has 0 aliphatic rings. The number of carbonyl (C=O) groups excluding carboxylic acids is 1. The molecule has 0 saturated heterocycles. The van der Waals surface area contributed by atoms with Crippen LogP contribution in [-0.2, 0) is 6.18 Å². The van der Waals surface area contributed by atoms with E-state index in [0.29, 0.717) is 10.7 Å². The van der Waals surface area contributed by atoms with Gasteiger partial charge in [-0.1, -0.05) is 17.7 Å². The highest BCUT2D eigenvalue weighted by atomic mass is 35.5. The largest absolute Gasteiger partial charge is 0.416 e. The van der Waals surface area contributed by atoms with Crippen LogP contribution in [0.1, 0.15) is 21.5 Å². The summed E-state index contributed by atoms with van der Waals surface area (Å²) in [7, 11) is 0. The number of amides is 1. The van der Waals surface area contributed by atoms with Crippen LogP contribution in [0.3, 0.4) is 0 Å². The Morgan fingerprint density at radius 1 is 1.10 bits per heavy atom. The number of anilines is 1. The zero-order chi connectivity index (χ0) is 15.6. The predicted molar refractivity (Wildman–Crippen MR) is 75.6 cm³/mol. The molecule has 0 aromatic heterocycles. The van der Waals surface area contributed by atoms with E-state index in [1.165, 1.54) is 0 Å². The molecule has 0 aliphatic carbocycles. The van der Waals surface area contributed by atoms with Gasteiger partial charge >= 0.3 is 6.18 Å². The number of alkyl halides is 3. The minimum absolute atomic E-state index is 0.139. The standard InChI is InChI=1S/C15H11ClF3NO/c1-9-2-7-12(8-13(9)16)20-14(21)10-3-5-11(6-4-10)15(17,18)19/h2-8H,1H3,(H,20,21). The SMILES string of the molecule is Cc1ccc(NC(=O)c2ccc(C(F)(F)F)cc2)cc1Cl. The first-order valence-corrected chi connectivity index (χ1v) is 6.40. The van der Waals surface area contributed by atoms with Gasteiger partial charge in [0.05, 0.1) is 5.56 Å². The van der Waals surface area contributed by atoms with Gasteiger partial charge in [0, 0.05) is 16.3 Å². The van der Waals surface area contributed by atoms with Gasteiger partial charge in [0.2, 0.25) is 0 Å². The average Bonchev–Trinajstić information content (AvgIpc) is 2.42. The maximum Gasteiger partial charge on any atom is 0.416 e. The number of hydrogen-bond acceptors (Lipinski definition) is 1. The number of halogens is 4. The number of benzene rings is 2. The molecule has 2 aromatic carbocycles. The van der Waals surface area contributed by atoms with E-state index in [4.69, 9.17) is 11.6 Å². The van der Waals surface area contributed by atoms with Crippen molar-refractivity contribution < 1.29 is 18.0 Å². The molecule has 0 aliphatic heterocycles. The molecule has 2 aromatic rings. The predicted octanol–water partition coefficient (Wildman–Crippen LogP) is 4.92. The van der Waals surface area contributed by atoms with Crippen molar-refractivity contribution in [2.24, 2.45) is 0 Å². The monoisotopic (exact) mass is 313 g/mol. The maximum absolute atomic E-state index is 12.4. The van der Waals surface area contributed by atoms with E-state index in [0.717, 1.165) is 29.8 Å². The van der Waals surface area contributed by atoms with E-state index >= 15 is 0 Å². The summed E-state index contributed by atoms with van der Waals surface area (Å²) < 4.78 is 37.3. The molecule has 0 bridgehead atoms. The minimum atomic E-state index is -4.42. The second-order valence-electron chi connectivity index (χ2n) is 4.49. The Labute approximate surface area is 124 Å². The molecule has 1 N–H and O–H groups in total. The lowest BCUT2D eigenvalue weighted by Gasteiger charge is -2.09. The van der Waals surface area contributed by atoms with Crippen molar-refractivity contribution >= 4 is 23.2 Å². The first-order chi connectivity index (χ1) is 9.77. The van der Waals surface area contributed by atoms with Gasteiger partial charge in [-0.15, -0.1) is 0 Å². The molecule has 1 amide bonds. The second kappa shape index (κ2) is 5.77. The van der Waals surface area contributed by atoms with Crippen LogP contribution in [0.4, 0.5) is 18.9 Å². The van der Waals surface area contributed by atoms with Crippen molar-refractivity contribution in [3.05, 3.63) is 64.2 Å². The molecule has 6 heteroatoms. The third-order valence-corrected chi connectivity index (χ3v) is 3.31.